The number of hydrogen-bond donors (Lipinski definition) is 3. The third-order valence-electron chi connectivity index (χ3n) is 3.43. The second-order valence-electron chi connectivity index (χ2n) is 4.90. The highest BCUT2D eigenvalue weighted by atomic mass is 32.1. The Kier molecular flexibility index (Phi) is 4.42. The molecule has 5 nitrogen and oxygen atoms in total. The summed E-state index contributed by atoms with van der Waals surface area (Å²) < 4.78 is 0. The van der Waals surface area contributed by atoms with E-state index in [1.54, 1.807) is 11.3 Å². The number of amides is 2. The molecule has 104 valence electrons. The molecule has 0 aliphatic heterocycles. The average Bonchev–Trinajstić information content (AvgIpc) is 2.98. The SMILES string of the molecule is CC(NC(=O)NC1CCC(C(=O)O)C1)c1cccs1. The van der Waals surface area contributed by atoms with Gasteiger partial charge in [-0.1, -0.05) is 6.07 Å². The Morgan fingerprint density at radius 1 is 1.47 bits per heavy atom. The third-order valence-corrected chi connectivity index (χ3v) is 4.49. The minimum atomic E-state index is -0.767. The molecule has 1 aliphatic carbocycles. The van der Waals surface area contributed by atoms with Gasteiger partial charge in [0, 0.05) is 10.9 Å². The van der Waals surface area contributed by atoms with Crippen LogP contribution < -0.4 is 10.6 Å². The summed E-state index contributed by atoms with van der Waals surface area (Å²) in [6.07, 6.45) is 1.90. The molecule has 1 saturated carbocycles. The third kappa shape index (κ3) is 3.70. The molecule has 19 heavy (non-hydrogen) atoms. The largest absolute Gasteiger partial charge is 0.481 e. The van der Waals surface area contributed by atoms with E-state index in [0.29, 0.717) is 12.8 Å². The van der Waals surface area contributed by atoms with Crippen LogP contribution in [-0.4, -0.2) is 23.1 Å². The van der Waals surface area contributed by atoms with Crippen LogP contribution in [-0.2, 0) is 4.79 Å². The number of aliphatic carboxylic acids is 1. The Hall–Kier alpha value is -1.56. The van der Waals surface area contributed by atoms with Gasteiger partial charge in [-0.05, 0) is 37.6 Å². The second kappa shape index (κ2) is 6.06. The smallest absolute Gasteiger partial charge is 0.315 e. The molecule has 1 aromatic rings. The summed E-state index contributed by atoms with van der Waals surface area (Å²) in [6, 6.07) is 3.64. The Labute approximate surface area is 116 Å². The molecule has 0 bridgehead atoms. The molecule has 1 heterocycles. The van der Waals surface area contributed by atoms with Crippen LogP contribution in [0.25, 0.3) is 0 Å². The molecule has 0 saturated heterocycles. The van der Waals surface area contributed by atoms with Crippen molar-refractivity contribution in [2.45, 2.75) is 38.3 Å². The highest BCUT2D eigenvalue weighted by molar-refractivity contribution is 7.10. The molecule has 3 N–H and O–H groups in total. The fraction of sp³-hybridized carbons (Fsp3) is 0.538. The molecule has 0 aromatic carbocycles. The number of carbonyl (C=O) groups excluding carboxylic acids is 1. The van der Waals surface area contributed by atoms with E-state index in [-0.39, 0.29) is 24.0 Å². The maximum atomic E-state index is 11.8. The van der Waals surface area contributed by atoms with Crippen molar-refractivity contribution in [3.63, 3.8) is 0 Å². The van der Waals surface area contributed by atoms with Crippen LogP contribution >= 0.6 is 11.3 Å². The maximum absolute atomic E-state index is 11.8. The minimum absolute atomic E-state index is 0.0309. The van der Waals surface area contributed by atoms with Crippen molar-refractivity contribution in [2.75, 3.05) is 0 Å². The molecular formula is C13H18N2O3S. The fourth-order valence-electron chi connectivity index (χ4n) is 2.37. The van der Waals surface area contributed by atoms with Crippen molar-refractivity contribution in [2.24, 2.45) is 5.92 Å². The molecule has 3 unspecified atom stereocenters. The van der Waals surface area contributed by atoms with Crippen LogP contribution in [0.2, 0.25) is 0 Å². The Morgan fingerprint density at radius 2 is 2.26 bits per heavy atom. The summed E-state index contributed by atoms with van der Waals surface area (Å²) in [5.41, 5.74) is 0. The van der Waals surface area contributed by atoms with Gasteiger partial charge >= 0.3 is 12.0 Å². The maximum Gasteiger partial charge on any atom is 0.315 e. The van der Waals surface area contributed by atoms with Crippen molar-refractivity contribution in [1.82, 2.24) is 10.6 Å². The van der Waals surface area contributed by atoms with Gasteiger partial charge in [0.05, 0.1) is 12.0 Å². The lowest BCUT2D eigenvalue weighted by atomic mass is 10.1. The van der Waals surface area contributed by atoms with Gasteiger partial charge in [0.2, 0.25) is 0 Å². The van der Waals surface area contributed by atoms with E-state index in [1.807, 2.05) is 24.4 Å². The summed E-state index contributed by atoms with van der Waals surface area (Å²) in [6.45, 7) is 1.93. The highest BCUT2D eigenvalue weighted by Gasteiger charge is 2.30. The summed E-state index contributed by atoms with van der Waals surface area (Å²) in [5, 5.41) is 16.6. The Bertz CT molecular complexity index is 447. The summed E-state index contributed by atoms with van der Waals surface area (Å²) in [4.78, 5) is 23.8. The van der Waals surface area contributed by atoms with Crippen LogP contribution in [0.4, 0.5) is 4.79 Å². The molecule has 1 aliphatic rings. The van der Waals surface area contributed by atoms with E-state index in [4.69, 9.17) is 5.11 Å². The van der Waals surface area contributed by atoms with Crippen molar-refractivity contribution in [1.29, 1.82) is 0 Å². The number of hydrogen-bond acceptors (Lipinski definition) is 3. The van der Waals surface area contributed by atoms with E-state index >= 15 is 0 Å². The lowest BCUT2D eigenvalue weighted by molar-refractivity contribution is -0.141. The molecular weight excluding hydrogens is 264 g/mol. The molecule has 0 radical (unpaired) electrons. The predicted molar refractivity (Wildman–Crippen MR) is 73.2 cm³/mol. The van der Waals surface area contributed by atoms with Gasteiger partial charge in [0.1, 0.15) is 0 Å². The lowest BCUT2D eigenvalue weighted by Crippen LogP contribution is -2.42. The Morgan fingerprint density at radius 3 is 2.84 bits per heavy atom. The fourth-order valence-corrected chi connectivity index (χ4v) is 3.10. The summed E-state index contributed by atoms with van der Waals surface area (Å²) in [7, 11) is 0. The zero-order valence-electron chi connectivity index (χ0n) is 10.8. The highest BCUT2D eigenvalue weighted by Crippen LogP contribution is 2.25. The van der Waals surface area contributed by atoms with Gasteiger partial charge in [-0.2, -0.15) is 0 Å². The zero-order valence-corrected chi connectivity index (χ0v) is 11.6. The average molecular weight is 282 g/mol. The van der Waals surface area contributed by atoms with Gasteiger partial charge in [0.25, 0.3) is 0 Å². The van der Waals surface area contributed by atoms with E-state index in [2.05, 4.69) is 10.6 Å². The Balaban J connectivity index is 1.78. The molecule has 3 atom stereocenters. The first-order chi connectivity index (χ1) is 9.06. The monoisotopic (exact) mass is 282 g/mol. The van der Waals surface area contributed by atoms with Crippen molar-refractivity contribution in [3.05, 3.63) is 22.4 Å². The van der Waals surface area contributed by atoms with Crippen molar-refractivity contribution >= 4 is 23.3 Å². The van der Waals surface area contributed by atoms with E-state index < -0.39 is 5.97 Å². The predicted octanol–water partition coefficient (Wildman–Crippen LogP) is 2.36. The lowest BCUT2D eigenvalue weighted by Gasteiger charge is -2.16. The van der Waals surface area contributed by atoms with Gasteiger partial charge in [0.15, 0.2) is 0 Å². The van der Waals surface area contributed by atoms with Crippen molar-refractivity contribution in [3.8, 4) is 0 Å². The topological polar surface area (TPSA) is 78.4 Å². The summed E-state index contributed by atoms with van der Waals surface area (Å²) >= 11 is 1.60. The van der Waals surface area contributed by atoms with E-state index in [1.165, 1.54) is 0 Å². The zero-order chi connectivity index (χ0) is 13.8. The van der Waals surface area contributed by atoms with Crippen LogP contribution in [0.15, 0.2) is 17.5 Å². The molecule has 2 rings (SSSR count). The van der Waals surface area contributed by atoms with Gasteiger partial charge in [-0.3, -0.25) is 4.79 Å². The second-order valence-corrected chi connectivity index (χ2v) is 5.88. The first kappa shape index (κ1) is 13.9. The standard InChI is InChI=1S/C13H18N2O3S/c1-8(11-3-2-6-19-11)14-13(18)15-10-5-4-9(7-10)12(16)17/h2-3,6,8-10H,4-5,7H2,1H3,(H,16,17)(H2,14,15,18). The van der Waals surface area contributed by atoms with Gasteiger partial charge in [-0.25, -0.2) is 4.79 Å². The molecule has 0 spiro atoms. The first-order valence-corrected chi connectivity index (χ1v) is 7.27. The van der Waals surface area contributed by atoms with E-state index in [9.17, 15) is 9.59 Å². The van der Waals surface area contributed by atoms with Crippen LogP contribution in [0.3, 0.4) is 0 Å². The number of urea groups is 1. The number of carbonyl (C=O) groups is 2. The quantitative estimate of drug-likeness (QED) is 0.793. The number of carboxylic acid groups (broad SMARTS) is 1. The molecule has 2 amide bonds. The summed E-state index contributed by atoms with van der Waals surface area (Å²) in [5.74, 6) is -1.09. The number of carboxylic acids is 1. The van der Waals surface area contributed by atoms with Crippen LogP contribution in [0.1, 0.15) is 37.1 Å². The molecule has 1 aromatic heterocycles. The first-order valence-electron chi connectivity index (χ1n) is 6.39. The molecule has 1 fully saturated rings. The van der Waals surface area contributed by atoms with Crippen LogP contribution in [0.5, 0.6) is 0 Å². The van der Waals surface area contributed by atoms with Crippen molar-refractivity contribution < 1.29 is 14.7 Å². The minimum Gasteiger partial charge on any atom is -0.481 e. The number of nitrogens with one attached hydrogen (secondary N) is 2. The van der Waals surface area contributed by atoms with Gasteiger partial charge < -0.3 is 15.7 Å². The normalized spacial score (nSPS) is 23.8. The number of thiophene rings is 1. The van der Waals surface area contributed by atoms with E-state index in [0.717, 1.165) is 11.3 Å². The van der Waals surface area contributed by atoms with Crippen LogP contribution in [0, 0.1) is 5.92 Å². The molecule has 6 heteroatoms. The number of rotatable bonds is 4. The van der Waals surface area contributed by atoms with Gasteiger partial charge in [-0.15, -0.1) is 11.3 Å².